The number of hydrogen-bond acceptors (Lipinski definition) is 4. The summed E-state index contributed by atoms with van der Waals surface area (Å²) >= 11 is 0. The van der Waals surface area contributed by atoms with Gasteiger partial charge in [-0.1, -0.05) is 159 Å². The van der Waals surface area contributed by atoms with E-state index in [-0.39, 0.29) is 6.29 Å². The Labute approximate surface area is 373 Å². The minimum atomic E-state index is -0.265. The number of furan rings is 1. The van der Waals surface area contributed by atoms with Gasteiger partial charge in [0.15, 0.2) is 6.29 Å². The third kappa shape index (κ3) is 7.01. The number of aromatic nitrogens is 1. The summed E-state index contributed by atoms with van der Waals surface area (Å²) in [4.78, 5) is 2.33. The van der Waals surface area contributed by atoms with E-state index in [0.29, 0.717) is 13.2 Å². The highest BCUT2D eigenvalue weighted by atomic mass is 16.7. The van der Waals surface area contributed by atoms with E-state index in [4.69, 9.17) is 13.9 Å². The van der Waals surface area contributed by atoms with Gasteiger partial charge >= 0.3 is 0 Å². The lowest BCUT2D eigenvalue weighted by Gasteiger charge is -2.26. The van der Waals surface area contributed by atoms with Crippen molar-refractivity contribution in [1.82, 2.24) is 4.57 Å². The summed E-state index contributed by atoms with van der Waals surface area (Å²) < 4.78 is 20.2. The Morgan fingerprint density at radius 3 is 1.41 bits per heavy atom. The van der Waals surface area contributed by atoms with Crippen LogP contribution in [0.4, 0.5) is 17.1 Å². The first-order chi connectivity index (χ1) is 31.7. The molecule has 1 aliphatic heterocycles. The van der Waals surface area contributed by atoms with Crippen molar-refractivity contribution < 1.29 is 13.9 Å². The fraction of sp³-hybridized carbons (Fsp3) is 0.0847. The monoisotopic (exact) mass is 830 g/mol. The standard InChI is InChI=1S/C57H40N2O3.C2H6/c1-4-13-53-49(8-1)50-9-2-5-14-54(50)59(53)47-34-32-46(33-35-47)58(45-30-26-42(27-31-45)48-11-7-12-52-51-10-3-6-15-55(51)62-56(48)52)44-28-24-41(25-29-44)39-18-16-38(17-19-39)40-20-22-43(23-21-40)57-60-36-37-61-57;1-2/h1-35,57H,36-37H2;1-2H3. The molecule has 0 amide bonds. The Kier molecular flexibility index (Phi) is 10.3. The smallest absolute Gasteiger partial charge is 0.184 e. The number of fused-ring (bicyclic) bond motifs is 6. The molecule has 1 saturated heterocycles. The lowest BCUT2D eigenvalue weighted by Crippen LogP contribution is -2.10. The molecular weight excluding hydrogens is 785 g/mol. The Morgan fingerprint density at radius 1 is 0.406 bits per heavy atom. The van der Waals surface area contributed by atoms with Gasteiger partial charge in [-0.3, -0.25) is 0 Å². The van der Waals surface area contributed by atoms with E-state index in [1.807, 2.05) is 26.0 Å². The molecule has 0 bridgehead atoms. The van der Waals surface area contributed by atoms with Crippen molar-refractivity contribution >= 4 is 60.8 Å². The quantitative estimate of drug-likeness (QED) is 0.153. The van der Waals surface area contributed by atoms with E-state index in [9.17, 15) is 0 Å². The lowest BCUT2D eigenvalue weighted by molar-refractivity contribution is -0.0441. The molecule has 1 fully saturated rings. The number of anilines is 3. The summed E-state index contributed by atoms with van der Waals surface area (Å²) in [5.74, 6) is 0. The number of hydrogen-bond donors (Lipinski definition) is 0. The maximum absolute atomic E-state index is 6.43. The Balaban J connectivity index is 0.00000225. The average molecular weight is 831 g/mol. The Hall–Kier alpha value is -7.70. The molecule has 0 unspecified atom stereocenters. The van der Waals surface area contributed by atoms with E-state index < -0.39 is 0 Å². The summed E-state index contributed by atoms with van der Waals surface area (Å²) in [6.45, 7) is 5.28. The molecular formula is C59H46N2O3. The zero-order chi connectivity index (χ0) is 43.0. The summed E-state index contributed by atoms with van der Waals surface area (Å²) in [5, 5.41) is 4.76. The lowest BCUT2D eigenvalue weighted by atomic mass is 9.99. The van der Waals surface area contributed by atoms with Crippen molar-refractivity contribution in [2.24, 2.45) is 0 Å². The summed E-state index contributed by atoms with van der Waals surface area (Å²) in [6, 6.07) is 75.9. The zero-order valence-electron chi connectivity index (χ0n) is 35.8. The zero-order valence-corrected chi connectivity index (χ0v) is 35.8. The van der Waals surface area contributed by atoms with E-state index in [2.05, 4.69) is 210 Å². The van der Waals surface area contributed by atoms with Gasteiger partial charge in [0.25, 0.3) is 0 Å². The normalized spacial score (nSPS) is 12.8. The highest BCUT2D eigenvalue weighted by Gasteiger charge is 2.19. The third-order valence-electron chi connectivity index (χ3n) is 12.3. The van der Waals surface area contributed by atoms with Crippen LogP contribution in [0.2, 0.25) is 0 Å². The Bertz CT molecular complexity index is 3320. The number of rotatable bonds is 8. The molecule has 0 radical (unpaired) electrons. The summed E-state index contributed by atoms with van der Waals surface area (Å²) in [6.07, 6.45) is -0.265. The first-order valence-corrected chi connectivity index (χ1v) is 22.2. The second-order valence-corrected chi connectivity index (χ2v) is 15.9. The molecule has 64 heavy (non-hydrogen) atoms. The van der Waals surface area contributed by atoms with Crippen molar-refractivity contribution in [2.45, 2.75) is 20.1 Å². The predicted octanol–water partition coefficient (Wildman–Crippen LogP) is 16.2. The van der Waals surface area contributed by atoms with Gasteiger partial charge in [-0.05, 0) is 94.5 Å². The minimum Gasteiger partial charge on any atom is -0.455 e. The molecule has 3 heterocycles. The fourth-order valence-electron chi connectivity index (χ4n) is 9.20. The highest BCUT2D eigenvalue weighted by molar-refractivity contribution is 6.10. The first kappa shape index (κ1) is 39.2. The van der Waals surface area contributed by atoms with Crippen LogP contribution in [0.1, 0.15) is 25.7 Å². The molecule has 0 saturated carbocycles. The van der Waals surface area contributed by atoms with Crippen molar-refractivity contribution in [1.29, 1.82) is 0 Å². The van der Waals surface area contributed by atoms with Crippen molar-refractivity contribution in [3.05, 3.63) is 218 Å². The molecule has 5 nitrogen and oxygen atoms in total. The second-order valence-electron chi connectivity index (χ2n) is 15.9. The van der Waals surface area contributed by atoms with Gasteiger partial charge < -0.3 is 23.4 Å². The van der Waals surface area contributed by atoms with Crippen LogP contribution in [0, 0.1) is 0 Å². The van der Waals surface area contributed by atoms with Crippen LogP contribution in [0.5, 0.6) is 0 Å². The topological polar surface area (TPSA) is 39.8 Å². The highest BCUT2D eigenvalue weighted by Crippen LogP contribution is 2.41. The summed E-state index contributed by atoms with van der Waals surface area (Å²) in [5.41, 5.74) is 16.4. The largest absolute Gasteiger partial charge is 0.455 e. The van der Waals surface area contributed by atoms with Crippen LogP contribution in [-0.4, -0.2) is 17.8 Å². The van der Waals surface area contributed by atoms with Crippen LogP contribution in [0.3, 0.4) is 0 Å². The van der Waals surface area contributed by atoms with Gasteiger partial charge in [-0.25, -0.2) is 0 Å². The van der Waals surface area contributed by atoms with Gasteiger partial charge in [0, 0.05) is 55.4 Å². The minimum absolute atomic E-state index is 0.265. The molecule has 5 heteroatoms. The van der Waals surface area contributed by atoms with Crippen molar-refractivity contribution in [2.75, 3.05) is 18.1 Å². The van der Waals surface area contributed by atoms with Crippen LogP contribution >= 0.6 is 0 Å². The number of para-hydroxylation sites is 4. The number of benzene rings is 9. The van der Waals surface area contributed by atoms with Crippen molar-refractivity contribution in [3.8, 4) is 39.1 Å². The average Bonchev–Trinajstić information content (AvgIpc) is 4.13. The fourth-order valence-corrected chi connectivity index (χ4v) is 9.20. The van der Waals surface area contributed by atoms with E-state index in [0.717, 1.165) is 78.1 Å². The van der Waals surface area contributed by atoms with Crippen LogP contribution in [-0.2, 0) is 9.47 Å². The molecule has 1 aliphatic rings. The molecule has 310 valence electrons. The molecule has 0 atom stereocenters. The first-order valence-electron chi connectivity index (χ1n) is 22.2. The van der Waals surface area contributed by atoms with Gasteiger partial charge in [0.05, 0.1) is 24.2 Å². The molecule has 0 aliphatic carbocycles. The SMILES string of the molecule is CC.c1ccc2c(c1)oc1c(-c3ccc(N(c4ccc(-c5ccc(-c6ccc(C7OCCO7)cc6)cc5)cc4)c4ccc(-n5c6ccccc6c6ccccc65)cc4)cc3)cccc12. The van der Waals surface area contributed by atoms with Crippen LogP contribution in [0.15, 0.2) is 217 Å². The molecule has 0 spiro atoms. The Morgan fingerprint density at radius 2 is 0.844 bits per heavy atom. The molecule has 9 aromatic carbocycles. The number of nitrogens with zero attached hydrogens (tertiary/aromatic N) is 2. The van der Waals surface area contributed by atoms with Gasteiger partial charge in [0.1, 0.15) is 11.2 Å². The van der Waals surface area contributed by atoms with Crippen LogP contribution in [0.25, 0.3) is 82.8 Å². The predicted molar refractivity (Wildman–Crippen MR) is 265 cm³/mol. The molecule has 0 N–H and O–H groups in total. The molecule has 11 aromatic rings. The molecule has 2 aromatic heterocycles. The maximum Gasteiger partial charge on any atom is 0.184 e. The maximum atomic E-state index is 6.43. The van der Waals surface area contributed by atoms with Gasteiger partial charge in [-0.15, -0.1) is 0 Å². The van der Waals surface area contributed by atoms with E-state index in [1.54, 1.807) is 0 Å². The van der Waals surface area contributed by atoms with E-state index in [1.165, 1.54) is 27.4 Å². The van der Waals surface area contributed by atoms with E-state index >= 15 is 0 Å². The second kappa shape index (κ2) is 16.9. The van der Waals surface area contributed by atoms with Crippen LogP contribution < -0.4 is 4.90 Å². The van der Waals surface area contributed by atoms with Crippen molar-refractivity contribution in [3.63, 3.8) is 0 Å². The van der Waals surface area contributed by atoms with Gasteiger partial charge in [-0.2, -0.15) is 0 Å². The summed E-state index contributed by atoms with van der Waals surface area (Å²) in [7, 11) is 0. The number of ether oxygens (including phenoxy) is 2. The van der Waals surface area contributed by atoms with Gasteiger partial charge in [0.2, 0.25) is 0 Å². The molecule has 12 rings (SSSR count). The third-order valence-corrected chi connectivity index (χ3v) is 12.3.